The lowest BCUT2D eigenvalue weighted by molar-refractivity contribution is -0.249. The molecule has 7 N–H and O–H groups in total. The zero-order valence-electron chi connectivity index (χ0n) is 25.6. The van der Waals surface area contributed by atoms with Gasteiger partial charge in [0, 0.05) is 40.2 Å². The number of nitrogens with one attached hydrogen (secondary N) is 1. The second-order valence-corrected chi connectivity index (χ2v) is 13.4. The van der Waals surface area contributed by atoms with Crippen molar-refractivity contribution in [1.82, 2.24) is 17.8 Å². The number of aromatic hydroxyl groups is 2. The summed E-state index contributed by atoms with van der Waals surface area (Å²) >= 11 is 2.02. The third kappa shape index (κ3) is 4.23. The maximum absolute atomic E-state index is 14.5. The van der Waals surface area contributed by atoms with Gasteiger partial charge in [-0.2, -0.15) is 0 Å². The Labute approximate surface area is 294 Å². The van der Waals surface area contributed by atoms with E-state index in [1.165, 1.54) is 28.8 Å². The molecule has 5 atom stereocenters. The third-order valence-electron chi connectivity index (χ3n) is 9.69. The van der Waals surface area contributed by atoms with Crippen LogP contribution in [0.5, 0.6) is 23.0 Å². The molecule has 0 bridgehead atoms. The van der Waals surface area contributed by atoms with E-state index in [0.29, 0.717) is 49.6 Å². The van der Waals surface area contributed by atoms with Crippen LogP contribution in [-0.2, 0) is 11.3 Å². The highest BCUT2D eigenvalue weighted by Crippen LogP contribution is 2.49. The standard InChI is InChI=1S/C34H27IN4O11/c35-38-19-9-15(42)3-5-17(19)24-26-25(32(46)39(33(26)47)36-10-13-1-6-20-21(7-13)49-12-48-20)23-16-4-2-14(41)8-18(16)37(27(23)28(24)38)34-31(45)30(44)29(43)22(11-40)50-34/h1-9,22,29-31,34,36,40-45H,10-12H2. The average Bonchev–Trinajstić information content (AvgIpc) is 3.84. The molecule has 1 saturated heterocycles. The molecule has 0 spiro atoms. The predicted octanol–water partition coefficient (Wildman–Crippen LogP) is 2.51. The van der Waals surface area contributed by atoms with Crippen LogP contribution >= 0.6 is 22.9 Å². The van der Waals surface area contributed by atoms with Crippen LogP contribution in [0.2, 0.25) is 0 Å². The Hall–Kier alpha value is -4.69. The zero-order valence-corrected chi connectivity index (χ0v) is 27.8. The molecule has 6 aromatic rings. The van der Waals surface area contributed by atoms with Gasteiger partial charge in [0.1, 0.15) is 35.9 Å². The number of aliphatic hydroxyl groups is 4. The number of halogens is 1. The monoisotopic (exact) mass is 794 g/mol. The Balaban J connectivity index is 1.33. The smallest absolute Gasteiger partial charge is 0.276 e. The van der Waals surface area contributed by atoms with Gasteiger partial charge in [0.25, 0.3) is 11.8 Å². The largest absolute Gasteiger partial charge is 0.508 e. The number of hydrogen-bond donors (Lipinski definition) is 7. The molecule has 15 nitrogen and oxygen atoms in total. The molecule has 0 aliphatic carbocycles. The van der Waals surface area contributed by atoms with E-state index in [0.717, 1.165) is 10.6 Å². The molecule has 50 heavy (non-hydrogen) atoms. The van der Waals surface area contributed by atoms with E-state index < -0.39 is 49.1 Å². The molecule has 4 aromatic carbocycles. The number of rotatable bonds is 5. The first-order chi connectivity index (χ1) is 24.1. The fourth-order valence-electron chi connectivity index (χ4n) is 7.41. The van der Waals surface area contributed by atoms with E-state index in [1.807, 2.05) is 22.9 Å². The van der Waals surface area contributed by atoms with Crippen LogP contribution in [0.15, 0.2) is 54.6 Å². The highest BCUT2D eigenvalue weighted by molar-refractivity contribution is 14.1. The minimum absolute atomic E-state index is 0.0417. The van der Waals surface area contributed by atoms with Crippen molar-refractivity contribution in [3.63, 3.8) is 0 Å². The Kier molecular flexibility index (Phi) is 6.98. The van der Waals surface area contributed by atoms with E-state index in [1.54, 1.807) is 33.1 Å². The van der Waals surface area contributed by atoms with Gasteiger partial charge in [-0.25, -0.2) is 10.4 Å². The van der Waals surface area contributed by atoms with Crippen molar-refractivity contribution in [2.75, 3.05) is 13.4 Å². The number of aromatic nitrogens is 2. The average molecular weight is 795 g/mol. The summed E-state index contributed by atoms with van der Waals surface area (Å²) in [6.45, 7) is -0.512. The van der Waals surface area contributed by atoms with Crippen molar-refractivity contribution in [1.29, 1.82) is 0 Å². The highest BCUT2D eigenvalue weighted by atomic mass is 127. The van der Waals surface area contributed by atoms with Crippen molar-refractivity contribution in [3.05, 3.63) is 71.3 Å². The number of benzene rings is 4. The van der Waals surface area contributed by atoms with Gasteiger partial charge in [-0.05, 0) is 42.0 Å². The summed E-state index contributed by atoms with van der Waals surface area (Å²) in [6.07, 6.45) is -7.81. The lowest BCUT2D eigenvalue weighted by atomic mass is 9.96. The maximum atomic E-state index is 14.5. The quantitative estimate of drug-likeness (QED) is 0.0993. The molecule has 3 aliphatic rings. The molecule has 2 amide bonds. The molecule has 3 aliphatic heterocycles. The van der Waals surface area contributed by atoms with Gasteiger partial charge in [-0.3, -0.25) is 12.4 Å². The topological polar surface area (TPSA) is 208 Å². The Morgan fingerprint density at radius 1 is 0.780 bits per heavy atom. The van der Waals surface area contributed by atoms with Gasteiger partial charge in [-0.1, -0.05) is 6.07 Å². The first kappa shape index (κ1) is 31.3. The normalized spacial score (nSPS) is 23.3. The number of imide groups is 1. The van der Waals surface area contributed by atoms with Gasteiger partial charge in [0.2, 0.25) is 6.79 Å². The van der Waals surface area contributed by atoms with Crippen LogP contribution in [0.3, 0.4) is 0 Å². The van der Waals surface area contributed by atoms with Crippen molar-refractivity contribution >= 4 is 78.3 Å². The highest BCUT2D eigenvalue weighted by Gasteiger charge is 2.47. The van der Waals surface area contributed by atoms with Gasteiger partial charge in [0.15, 0.2) is 17.7 Å². The molecule has 0 radical (unpaired) electrons. The number of carbonyl (C=O) groups excluding carboxylic acids is 2. The Bertz CT molecular complexity index is 2460. The van der Waals surface area contributed by atoms with Crippen LogP contribution in [0.1, 0.15) is 32.5 Å². The zero-order chi connectivity index (χ0) is 34.7. The molecular formula is C34H27IN4O11. The second kappa shape index (κ2) is 11.2. The summed E-state index contributed by atoms with van der Waals surface area (Å²) in [5, 5.41) is 66.6. The van der Waals surface area contributed by atoms with Crippen molar-refractivity contribution in [2.24, 2.45) is 0 Å². The summed E-state index contributed by atoms with van der Waals surface area (Å²) < 4.78 is 20.1. The Morgan fingerprint density at radius 3 is 2.12 bits per heavy atom. The Morgan fingerprint density at radius 2 is 1.42 bits per heavy atom. The summed E-state index contributed by atoms with van der Waals surface area (Å²) in [7, 11) is 0. The first-order valence-corrected chi connectivity index (χ1v) is 16.5. The van der Waals surface area contributed by atoms with E-state index in [9.17, 15) is 40.2 Å². The number of phenols is 2. The number of hydrazine groups is 1. The van der Waals surface area contributed by atoms with Crippen molar-refractivity contribution in [2.45, 2.75) is 37.2 Å². The molecule has 0 saturated carbocycles. The van der Waals surface area contributed by atoms with Crippen molar-refractivity contribution < 1.29 is 54.4 Å². The fourth-order valence-corrected chi connectivity index (χ4v) is 8.28. The van der Waals surface area contributed by atoms with Gasteiger partial charge >= 0.3 is 0 Å². The molecular weight excluding hydrogens is 767 g/mol. The van der Waals surface area contributed by atoms with Crippen LogP contribution in [0.4, 0.5) is 0 Å². The summed E-state index contributed by atoms with van der Waals surface area (Å²) in [6, 6.07) is 14.3. The van der Waals surface area contributed by atoms with E-state index >= 15 is 0 Å². The van der Waals surface area contributed by atoms with Crippen molar-refractivity contribution in [3.8, 4) is 23.0 Å². The molecule has 9 rings (SSSR count). The number of aliphatic hydroxyl groups excluding tert-OH is 4. The van der Waals surface area contributed by atoms with Crippen LogP contribution < -0.4 is 14.9 Å². The van der Waals surface area contributed by atoms with E-state index in [2.05, 4.69) is 5.43 Å². The number of carbonyl (C=O) groups is 2. The summed E-state index contributed by atoms with van der Waals surface area (Å²) in [5.74, 6) is -0.359. The molecule has 2 aromatic heterocycles. The number of nitrogens with zero attached hydrogens (tertiary/aromatic N) is 3. The molecule has 16 heteroatoms. The van der Waals surface area contributed by atoms with E-state index in [-0.39, 0.29) is 41.5 Å². The molecule has 256 valence electrons. The van der Waals surface area contributed by atoms with Gasteiger partial charge in [-0.15, -0.1) is 0 Å². The minimum Gasteiger partial charge on any atom is -0.508 e. The molecule has 5 heterocycles. The number of fused-ring (bicyclic) bond motifs is 11. The number of amides is 2. The lowest BCUT2D eigenvalue weighted by Crippen LogP contribution is -2.56. The fraction of sp³-hybridized carbons (Fsp3) is 0.235. The second-order valence-electron chi connectivity index (χ2n) is 12.4. The summed E-state index contributed by atoms with van der Waals surface area (Å²) in [4.78, 5) is 29.0. The van der Waals surface area contributed by atoms with Crippen LogP contribution in [0, 0.1) is 0 Å². The van der Waals surface area contributed by atoms with Gasteiger partial charge in [0.05, 0.1) is 62.7 Å². The number of hydrogen-bond acceptors (Lipinski definition) is 12. The SMILES string of the molecule is O=C1c2c(c3c4ccc(O)cc4n(C4OC(CO)C(O)C(O)C4O)c3c3c2c2ccc(O)cc2n3I)C(=O)N1NCc1ccc2c(c1)OCO2. The van der Waals surface area contributed by atoms with Gasteiger partial charge < -0.3 is 49.4 Å². The molecule has 1 fully saturated rings. The van der Waals surface area contributed by atoms with Crippen LogP contribution in [0.25, 0.3) is 43.6 Å². The lowest BCUT2D eigenvalue weighted by Gasteiger charge is -2.41. The first-order valence-electron chi connectivity index (χ1n) is 15.6. The van der Waals surface area contributed by atoms with E-state index in [4.69, 9.17) is 14.2 Å². The number of ether oxygens (including phenoxy) is 3. The van der Waals surface area contributed by atoms with Crippen LogP contribution in [-0.4, -0.2) is 92.6 Å². The molecule has 5 unspecified atom stereocenters. The third-order valence-corrected chi connectivity index (χ3v) is 10.7. The maximum Gasteiger partial charge on any atom is 0.276 e. The number of phenolic OH excluding ortho intramolecular Hbond substituents is 2. The minimum atomic E-state index is -1.73. The predicted molar refractivity (Wildman–Crippen MR) is 184 cm³/mol. The summed E-state index contributed by atoms with van der Waals surface area (Å²) in [5.41, 5.74) is 5.33.